The number of carbonyl (C=O) groups is 3. The van der Waals surface area contributed by atoms with Gasteiger partial charge < -0.3 is 10.1 Å². The van der Waals surface area contributed by atoms with Gasteiger partial charge in [0.05, 0.1) is 11.5 Å². The van der Waals surface area contributed by atoms with Crippen LogP contribution in [-0.2, 0) is 9.59 Å². The highest BCUT2D eigenvalue weighted by molar-refractivity contribution is 8.18. The minimum atomic E-state index is -0.457. The van der Waals surface area contributed by atoms with E-state index in [4.69, 9.17) is 4.74 Å². The molecule has 0 spiro atoms. The van der Waals surface area contributed by atoms with Gasteiger partial charge in [0.25, 0.3) is 11.1 Å². The van der Waals surface area contributed by atoms with Gasteiger partial charge in [-0.15, -0.1) is 0 Å². The summed E-state index contributed by atoms with van der Waals surface area (Å²) in [5.41, 5.74) is 0.721. The van der Waals surface area contributed by atoms with Gasteiger partial charge in [0.15, 0.2) is 0 Å². The zero-order valence-electron chi connectivity index (χ0n) is 14.6. The Kier molecular flexibility index (Phi) is 6.64. The number of carbonyl (C=O) groups excluding carboxylic acids is 3. The predicted molar refractivity (Wildman–Crippen MR) is 98.1 cm³/mol. The van der Waals surface area contributed by atoms with E-state index in [1.54, 1.807) is 12.1 Å². The molecule has 0 bridgehead atoms. The van der Waals surface area contributed by atoms with Crippen molar-refractivity contribution in [3.05, 3.63) is 34.7 Å². The van der Waals surface area contributed by atoms with E-state index in [1.165, 1.54) is 0 Å². The lowest BCUT2D eigenvalue weighted by molar-refractivity contribution is -0.129. The van der Waals surface area contributed by atoms with Crippen molar-refractivity contribution >= 4 is 34.9 Å². The molecule has 1 N–H and O–H groups in total. The molecule has 1 aromatic rings. The summed E-state index contributed by atoms with van der Waals surface area (Å²) >= 11 is 0.833. The van der Waals surface area contributed by atoms with Gasteiger partial charge in [-0.1, -0.05) is 32.0 Å². The molecular formula is C18H22N2O4S. The molecular weight excluding hydrogens is 340 g/mol. The van der Waals surface area contributed by atoms with Gasteiger partial charge in [-0.2, -0.15) is 0 Å². The van der Waals surface area contributed by atoms with Crippen molar-refractivity contribution in [2.24, 2.45) is 5.92 Å². The maximum Gasteiger partial charge on any atom is 0.294 e. The Morgan fingerprint density at radius 3 is 2.72 bits per heavy atom. The minimum absolute atomic E-state index is 0.262. The van der Waals surface area contributed by atoms with Gasteiger partial charge in [-0.3, -0.25) is 19.3 Å². The van der Waals surface area contributed by atoms with Gasteiger partial charge in [0.2, 0.25) is 5.91 Å². The summed E-state index contributed by atoms with van der Waals surface area (Å²) in [6.45, 7) is 6.56. The molecule has 1 saturated heterocycles. The summed E-state index contributed by atoms with van der Waals surface area (Å²) in [6, 6.07) is 7.29. The third-order valence-electron chi connectivity index (χ3n) is 3.39. The second-order valence-corrected chi connectivity index (χ2v) is 6.93. The number of thioether (sulfide) groups is 1. The SMILES string of the molecule is CCOc1ccccc1/C=C1\SC(=O)N(CC(=O)NCC(C)C)C1=O. The van der Waals surface area contributed by atoms with Gasteiger partial charge in [0.1, 0.15) is 12.3 Å². The maximum atomic E-state index is 12.5. The second kappa shape index (κ2) is 8.71. The normalized spacial score (nSPS) is 16.0. The van der Waals surface area contributed by atoms with E-state index in [9.17, 15) is 14.4 Å². The van der Waals surface area contributed by atoms with Crippen molar-refractivity contribution in [3.63, 3.8) is 0 Å². The smallest absolute Gasteiger partial charge is 0.294 e. The van der Waals surface area contributed by atoms with Gasteiger partial charge in [0, 0.05) is 12.1 Å². The number of nitrogens with zero attached hydrogens (tertiary/aromatic N) is 1. The fraction of sp³-hybridized carbons (Fsp3) is 0.389. The van der Waals surface area contributed by atoms with Crippen molar-refractivity contribution < 1.29 is 19.1 Å². The van der Waals surface area contributed by atoms with Crippen molar-refractivity contribution in [2.45, 2.75) is 20.8 Å². The van der Waals surface area contributed by atoms with Crippen molar-refractivity contribution in [3.8, 4) is 5.75 Å². The van der Waals surface area contributed by atoms with Crippen LogP contribution in [0.1, 0.15) is 26.3 Å². The van der Waals surface area contributed by atoms with Crippen molar-refractivity contribution in [1.29, 1.82) is 0 Å². The third kappa shape index (κ3) is 5.09. The van der Waals surface area contributed by atoms with Crippen LogP contribution in [0.2, 0.25) is 0 Å². The molecule has 7 heteroatoms. The lowest BCUT2D eigenvalue weighted by atomic mass is 10.2. The Balaban J connectivity index is 2.11. The Morgan fingerprint density at radius 2 is 2.04 bits per heavy atom. The highest BCUT2D eigenvalue weighted by atomic mass is 32.2. The first-order chi connectivity index (χ1) is 11.9. The number of hydrogen-bond donors (Lipinski definition) is 1. The fourth-order valence-electron chi connectivity index (χ4n) is 2.18. The number of nitrogens with one attached hydrogen (secondary N) is 1. The molecule has 0 saturated carbocycles. The van der Waals surface area contributed by atoms with E-state index in [-0.39, 0.29) is 17.4 Å². The molecule has 1 heterocycles. The van der Waals surface area contributed by atoms with Crippen LogP contribution >= 0.6 is 11.8 Å². The fourth-order valence-corrected chi connectivity index (χ4v) is 3.01. The molecule has 3 amide bonds. The topological polar surface area (TPSA) is 75.7 Å². The summed E-state index contributed by atoms with van der Waals surface area (Å²) < 4.78 is 5.53. The first kappa shape index (κ1) is 19.1. The summed E-state index contributed by atoms with van der Waals surface area (Å²) in [6.07, 6.45) is 1.63. The third-order valence-corrected chi connectivity index (χ3v) is 4.30. The Morgan fingerprint density at radius 1 is 1.32 bits per heavy atom. The van der Waals surface area contributed by atoms with E-state index >= 15 is 0 Å². The highest BCUT2D eigenvalue weighted by Crippen LogP contribution is 2.33. The van der Waals surface area contributed by atoms with E-state index in [1.807, 2.05) is 39.0 Å². The second-order valence-electron chi connectivity index (χ2n) is 5.94. The first-order valence-corrected chi connectivity index (χ1v) is 8.98. The Hall–Kier alpha value is -2.28. The van der Waals surface area contributed by atoms with E-state index in [0.717, 1.165) is 22.2 Å². The van der Waals surface area contributed by atoms with Gasteiger partial charge in [-0.05, 0) is 36.7 Å². The molecule has 2 rings (SSSR count). The number of benzene rings is 1. The predicted octanol–water partition coefficient (Wildman–Crippen LogP) is 2.89. The molecule has 0 aliphatic carbocycles. The number of para-hydroxylation sites is 1. The number of hydrogen-bond acceptors (Lipinski definition) is 5. The number of amides is 3. The Labute approximate surface area is 151 Å². The largest absolute Gasteiger partial charge is 0.493 e. The maximum absolute atomic E-state index is 12.5. The molecule has 0 radical (unpaired) electrons. The van der Waals surface area contributed by atoms with Crippen LogP contribution in [0.4, 0.5) is 4.79 Å². The van der Waals surface area contributed by atoms with Gasteiger partial charge in [-0.25, -0.2) is 0 Å². The molecule has 0 unspecified atom stereocenters. The quantitative estimate of drug-likeness (QED) is 0.755. The number of ether oxygens (including phenoxy) is 1. The molecule has 1 aromatic carbocycles. The average Bonchev–Trinajstić information content (AvgIpc) is 2.82. The van der Waals surface area contributed by atoms with Crippen LogP contribution in [0.3, 0.4) is 0 Å². The van der Waals surface area contributed by atoms with Crippen LogP contribution < -0.4 is 10.1 Å². The molecule has 1 aliphatic heterocycles. The van der Waals surface area contributed by atoms with Crippen LogP contribution in [0.15, 0.2) is 29.2 Å². The standard InChI is InChI=1S/C18H22N2O4S/c1-4-24-14-8-6-5-7-13(14)9-15-17(22)20(18(23)25-15)11-16(21)19-10-12(2)3/h5-9,12H,4,10-11H2,1-3H3,(H,19,21)/b15-9-. The zero-order valence-corrected chi connectivity index (χ0v) is 15.4. The number of rotatable bonds is 7. The monoisotopic (exact) mass is 362 g/mol. The van der Waals surface area contributed by atoms with Crippen LogP contribution in [-0.4, -0.2) is 41.6 Å². The Bertz CT molecular complexity index is 700. The molecule has 1 aliphatic rings. The molecule has 1 fully saturated rings. The first-order valence-electron chi connectivity index (χ1n) is 8.16. The summed E-state index contributed by atoms with van der Waals surface area (Å²) in [5, 5.41) is 2.27. The van der Waals surface area contributed by atoms with E-state index in [2.05, 4.69) is 5.32 Å². The molecule has 0 atom stereocenters. The van der Waals surface area contributed by atoms with Crippen LogP contribution in [0, 0.1) is 5.92 Å². The van der Waals surface area contributed by atoms with Gasteiger partial charge >= 0.3 is 0 Å². The van der Waals surface area contributed by atoms with E-state index < -0.39 is 11.1 Å². The lowest BCUT2D eigenvalue weighted by Crippen LogP contribution is -2.40. The summed E-state index contributed by atoms with van der Waals surface area (Å²) in [4.78, 5) is 37.7. The van der Waals surface area contributed by atoms with Crippen LogP contribution in [0.25, 0.3) is 6.08 Å². The molecule has 0 aromatic heterocycles. The summed E-state index contributed by atoms with van der Waals surface area (Å²) in [7, 11) is 0. The van der Waals surface area contributed by atoms with Crippen molar-refractivity contribution in [2.75, 3.05) is 19.7 Å². The average molecular weight is 362 g/mol. The number of imide groups is 1. The van der Waals surface area contributed by atoms with E-state index in [0.29, 0.717) is 24.8 Å². The van der Waals surface area contributed by atoms with Crippen molar-refractivity contribution in [1.82, 2.24) is 10.2 Å². The summed E-state index contributed by atoms with van der Waals surface area (Å²) in [5.74, 6) is 0.147. The zero-order chi connectivity index (χ0) is 18.4. The highest BCUT2D eigenvalue weighted by Gasteiger charge is 2.36. The lowest BCUT2D eigenvalue weighted by Gasteiger charge is -2.13. The minimum Gasteiger partial charge on any atom is -0.493 e. The molecule has 25 heavy (non-hydrogen) atoms. The molecule has 6 nitrogen and oxygen atoms in total. The van der Waals surface area contributed by atoms with Crippen LogP contribution in [0.5, 0.6) is 5.75 Å². The molecule has 134 valence electrons.